The predicted octanol–water partition coefficient (Wildman–Crippen LogP) is 4.85. The summed E-state index contributed by atoms with van der Waals surface area (Å²) in [6, 6.07) is 16.6. The van der Waals surface area contributed by atoms with Gasteiger partial charge in [0.1, 0.15) is 0 Å². The van der Waals surface area contributed by atoms with Crippen LogP contribution in [0.5, 0.6) is 0 Å². The van der Waals surface area contributed by atoms with Gasteiger partial charge in [-0.15, -0.1) is 5.10 Å². The summed E-state index contributed by atoms with van der Waals surface area (Å²) in [6.07, 6.45) is 4.08. The summed E-state index contributed by atoms with van der Waals surface area (Å²) in [5.74, 6) is 0.831. The van der Waals surface area contributed by atoms with Crippen LogP contribution in [0.2, 0.25) is 0 Å². The largest absolute Gasteiger partial charge is 0.376 e. The zero-order valence-corrected chi connectivity index (χ0v) is 22.0. The number of aryl methyl sites for hydroxylation is 2. The van der Waals surface area contributed by atoms with Crippen LogP contribution in [-0.2, 0) is 24.4 Å². The number of aromatic amines is 1. The third-order valence-corrected chi connectivity index (χ3v) is 7.49. The van der Waals surface area contributed by atoms with Gasteiger partial charge < -0.3 is 9.72 Å². The number of benzene rings is 2. The Morgan fingerprint density at radius 2 is 2.00 bits per heavy atom. The third-order valence-electron chi connectivity index (χ3n) is 7.49. The van der Waals surface area contributed by atoms with Gasteiger partial charge in [-0.2, -0.15) is 0 Å². The van der Waals surface area contributed by atoms with Crippen molar-refractivity contribution in [1.82, 2.24) is 30.1 Å². The zero-order valence-electron chi connectivity index (χ0n) is 22.0. The molecule has 8 nitrogen and oxygen atoms in total. The van der Waals surface area contributed by atoms with E-state index in [9.17, 15) is 4.79 Å². The molecule has 0 aliphatic carbocycles. The van der Waals surface area contributed by atoms with Gasteiger partial charge in [0.2, 0.25) is 0 Å². The lowest BCUT2D eigenvalue weighted by atomic mass is 10.0. The van der Waals surface area contributed by atoms with Crippen LogP contribution in [0.15, 0.2) is 53.3 Å². The van der Waals surface area contributed by atoms with Crippen LogP contribution in [0.3, 0.4) is 0 Å². The molecule has 4 aromatic rings. The summed E-state index contributed by atoms with van der Waals surface area (Å²) >= 11 is 0. The molecule has 0 saturated carbocycles. The Bertz CT molecular complexity index is 1390. The molecule has 5 rings (SSSR count). The normalized spacial score (nSPS) is 16.6. The van der Waals surface area contributed by atoms with Gasteiger partial charge in [0, 0.05) is 25.3 Å². The van der Waals surface area contributed by atoms with E-state index in [1.807, 2.05) is 16.8 Å². The summed E-state index contributed by atoms with van der Waals surface area (Å²) in [5.41, 5.74) is 5.07. The molecule has 1 saturated heterocycles. The molecule has 0 spiro atoms. The van der Waals surface area contributed by atoms with Gasteiger partial charge in [-0.3, -0.25) is 9.69 Å². The molecule has 0 radical (unpaired) electrons. The average molecular weight is 501 g/mol. The quantitative estimate of drug-likeness (QED) is 0.335. The van der Waals surface area contributed by atoms with Crippen molar-refractivity contribution in [2.75, 3.05) is 6.61 Å². The first-order valence-corrected chi connectivity index (χ1v) is 13.3. The van der Waals surface area contributed by atoms with Crippen molar-refractivity contribution >= 4 is 10.9 Å². The van der Waals surface area contributed by atoms with E-state index in [4.69, 9.17) is 4.74 Å². The number of aromatic nitrogens is 5. The van der Waals surface area contributed by atoms with Crippen LogP contribution in [-0.4, -0.2) is 42.8 Å². The van der Waals surface area contributed by atoms with Crippen LogP contribution < -0.4 is 5.56 Å². The third kappa shape index (κ3) is 5.65. The van der Waals surface area contributed by atoms with E-state index in [2.05, 4.69) is 82.6 Å². The topological polar surface area (TPSA) is 88.9 Å². The van der Waals surface area contributed by atoms with Gasteiger partial charge in [0.15, 0.2) is 5.82 Å². The summed E-state index contributed by atoms with van der Waals surface area (Å²) < 4.78 is 7.78. The molecule has 1 aliphatic heterocycles. The monoisotopic (exact) mass is 500 g/mol. The van der Waals surface area contributed by atoms with E-state index in [0.717, 1.165) is 60.1 Å². The molecular weight excluding hydrogens is 464 g/mol. The number of hydrogen-bond donors (Lipinski definition) is 1. The highest BCUT2D eigenvalue weighted by Crippen LogP contribution is 2.29. The first-order valence-electron chi connectivity index (χ1n) is 13.3. The second-order valence-electron chi connectivity index (χ2n) is 10.1. The standard InChI is InChI=1S/C29H36N6O2/c1-4-9-26(28-31-32-33-35(28)19-25-12-8-15-37-25)34(17-22-10-6-5-7-11-22)18-24-16-23-14-13-20(2)21(3)27(23)30-29(24)36/h5-7,10-11,13-14,16,25-26H,4,8-9,12,15,17-19H2,1-3H3,(H,30,36)/t25-,26-/m1/s1. The Labute approximate surface area is 217 Å². The Kier molecular flexibility index (Phi) is 7.76. The predicted molar refractivity (Wildman–Crippen MR) is 144 cm³/mol. The number of nitrogens with one attached hydrogen (secondary N) is 1. The summed E-state index contributed by atoms with van der Waals surface area (Å²) in [5, 5.41) is 13.9. The maximum absolute atomic E-state index is 13.3. The molecule has 194 valence electrons. The molecule has 0 unspecified atom stereocenters. The highest BCUT2D eigenvalue weighted by atomic mass is 16.5. The Hall–Kier alpha value is -3.36. The number of tetrazole rings is 1. The first-order chi connectivity index (χ1) is 18.0. The number of rotatable bonds is 10. The maximum atomic E-state index is 13.3. The van der Waals surface area contributed by atoms with Gasteiger partial charge >= 0.3 is 0 Å². The van der Waals surface area contributed by atoms with E-state index in [0.29, 0.717) is 19.6 Å². The SMILES string of the molecule is CCC[C@H](c1nnnn1C[C@H]1CCCO1)N(Cc1ccccc1)Cc1cc2ccc(C)c(C)c2[nH]c1=O. The van der Waals surface area contributed by atoms with E-state index in [1.165, 1.54) is 11.1 Å². The average Bonchev–Trinajstić information content (AvgIpc) is 3.59. The van der Waals surface area contributed by atoms with Gasteiger partial charge in [-0.25, -0.2) is 4.68 Å². The fourth-order valence-corrected chi connectivity index (χ4v) is 5.31. The maximum Gasteiger partial charge on any atom is 0.252 e. The van der Waals surface area contributed by atoms with E-state index < -0.39 is 0 Å². The van der Waals surface area contributed by atoms with Crippen molar-refractivity contribution in [2.24, 2.45) is 0 Å². The van der Waals surface area contributed by atoms with Crippen LogP contribution in [0, 0.1) is 13.8 Å². The number of fused-ring (bicyclic) bond motifs is 1. The second-order valence-corrected chi connectivity index (χ2v) is 10.1. The minimum Gasteiger partial charge on any atom is -0.376 e. The van der Waals surface area contributed by atoms with Crippen molar-refractivity contribution in [3.05, 3.63) is 87.0 Å². The molecule has 37 heavy (non-hydrogen) atoms. The summed E-state index contributed by atoms with van der Waals surface area (Å²) in [4.78, 5) is 18.8. The Morgan fingerprint density at radius 1 is 1.16 bits per heavy atom. The highest BCUT2D eigenvalue weighted by Gasteiger charge is 2.28. The van der Waals surface area contributed by atoms with Crippen LogP contribution >= 0.6 is 0 Å². The zero-order chi connectivity index (χ0) is 25.8. The molecule has 1 N–H and O–H groups in total. The van der Waals surface area contributed by atoms with Crippen molar-refractivity contribution in [1.29, 1.82) is 0 Å². The number of H-pyrrole nitrogens is 1. The van der Waals surface area contributed by atoms with Gasteiger partial charge in [-0.05, 0) is 71.7 Å². The van der Waals surface area contributed by atoms with Gasteiger partial charge in [0.25, 0.3) is 5.56 Å². The second kappa shape index (κ2) is 11.4. The lowest BCUT2D eigenvalue weighted by Crippen LogP contribution is -2.33. The van der Waals surface area contributed by atoms with Gasteiger partial charge in [0.05, 0.1) is 24.2 Å². The van der Waals surface area contributed by atoms with Crippen LogP contribution in [0.4, 0.5) is 0 Å². The Balaban J connectivity index is 1.52. The van der Waals surface area contributed by atoms with E-state index in [-0.39, 0.29) is 17.7 Å². The van der Waals surface area contributed by atoms with Crippen molar-refractivity contribution in [3.63, 3.8) is 0 Å². The highest BCUT2D eigenvalue weighted by molar-refractivity contribution is 5.83. The van der Waals surface area contributed by atoms with Crippen molar-refractivity contribution in [3.8, 4) is 0 Å². The molecule has 1 fully saturated rings. The lowest BCUT2D eigenvalue weighted by molar-refractivity contribution is 0.0885. The molecular formula is C29H36N6O2. The molecule has 8 heteroatoms. The molecule has 2 atom stereocenters. The van der Waals surface area contributed by atoms with E-state index >= 15 is 0 Å². The number of hydrogen-bond acceptors (Lipinski definition) is 6. The minimum absolute atomic E-state index is 0.0449. The Morgan fingerprint density at radius 3 is 2.76 bits per heavy atom. The smallest absolute Gasteiger partial charge is 0.252 e. The van der Waals surface area contributed by atoms with Gasteiger partial charge in [-0.1, -0.05) is 55.8 Å². The van der Waals surface area contributed by atoms with E-state index in [1.54, 1.807) is 0 Å². The fraction of sp³-hybridized carbons (Fsp3) is 0.448. The molecule has 0 bridgehead atoms. The van der Waals surface area contributed by atoms with Crippen molar-refractivity contribution < 1.29 is 4.74 Å². The summed E-state index contributed by atoms with van der Waals surface area (Å²) in [6.45, 7) is 8.92. The fourth-order valence-electron chi connectivity index (χ4n) is 5.31. The number of pyridine rings is 1. The summed E-state index contributed by atoms with van der Waals surface area (Å²) in [7, 11) is 0. The molecule has 1 aliphatic rings. The molecule has 0 amide bonds. The van der Waals surface area contributed by atoms with Crippen LogP contribution in [0.1, 0.15) is 66.7 Å². The molecule has 3 heterocycles. The first kappa shape index (κ1) is 25.3. The van der Waals surface area contributed by atoms with Crippen LogP contribution in [0.25, 0.3) is 10.9 Å². The number of ether oxygens (including phenoxy) is 1. The lowest BCUT2D eigenvalue weighted by Gasteiger charge is -2.31. The minimum atomic E-state index is -0.0477. The van der Waals surface area contributed by atoms with Crippen molar-refractivity contribution in [2.45, 2.75) is 78.2 Å². The number of nitrogens with zero attached hydrogens (tertiary/aromatic N) is 5. The molecule has 2 aromatic carbocycles. The molecule has 2 aromatic heterocycles.